The zero-order valence-electron chi connectivity index (χ0n) is 20.3. The molecule has 6 rings (SSSR count). The number of carboxylic acids is 1. The zero-order valence-corrected chi connectivity index (χ0v) is 20.3. The smallest absolute Gasteiger partial charge is 0.417 e. The number of ether oxygens (including phenoxy) is 2. The summed E-state index contributed by atoms with van der Waals surface area (Å²) in [6.45, 7) is 2.44. The summed E-state index contributed by atoms with van der Waals surface area (Å²) in [6, 6.07) is 7.90. The standard InChI is InChI=1S/C26H20F3N5O5/c1-13(31-18-3-2-6-30-22(18)25(36)37)16-7-15(26(27,28)29)10-34-21(35)8-20(32-24(16)34)33-9-14-4-5-19-23(17(14)11-33)39-12-38-19/h2-8,10,13,31H,9,11-12H2,1H3,(H,36,37)/t13-/m1/s1. The van der Waals surface area contributed by atoms with E-state index >= 15 is 0 Å². The SMILES string of the molecule is C[C@@H](Nc1cccnc1C(=O)O)c1cc(C(F)(F)F)cn2c(=O)cc(N3Cc4ccc5c(c4C3)OCO5)nc12. The topological polar surface area (TPSA) is 118 Å². The first-order chi connectivity index (χ1) is 18.6. The van der Waals surface area contributed by atoms with Crippen molar-refractivity contribution < 1.29 is 32.5 Å². The van der Waals surface area contributed by atoms with Crippen molar-refractivity contribution in [2.45, 2.75) is 32.2 Å². The van der Waals surface area contributed by atoms with Crippen LogP contribution in [0.25, 0.3) is 5.65 Å². The van der Waals surface area contributed by atoms with Gasteiger partial charge >= 0.3 is 12.1 Å². The normalized spacial score (nSPS) is 14.9. The Morgan fingerprint density at radius 1 is 1.18 bits per heavy atom. The van der Waals surface area contributed by atoms with Crippen molar-refractivity contribution in [1.29, 1.82) is 0 Å². The molecule has 39 heavy (non-hydrogen) atoms. The number of fused-ring (bicyclic) bond motifs is 4. The van der Waals surface area contributed by atoms with Crippen molar-refractivity contribution >= 4 is 23.1 Å². The maximum atomic E-state index is 13.8. The highest BCUT2D eigenvalue weighted by molar-refractivity contribution is 5.91. The molecule has 3 aromatic heterocycles. The molecule has 0 spiro atoms. The molecule has 2 aliphatic heterocycles. The van der Waals surface area contributed by atoms with Gasteiger partial charge in [0.1, 0.15) is 11.5 Å². The lowest BCUT2D eigenvalue weighted by molar-refractivity contribution is -0.137. The van der Waals surface area contributed by atoms with Crippen molar-refractivity contribution in [3.8, 4) is 11.5 Å². The molecule has 200 valence electrons. The Hall–Kier alpha value is -4.81. The Balaban J connectivity index is 1.45. The van der Waals surface area contributed by atoms with E-state index in [2.05, 4.69) is 15.3 Å². The Morgan fingerprint density at radius 3 is 2.77 bits per heavy atom. The lowest BCUT2D eigenvalue weighted by Gasteiger charge is -2.22. The van der Waals surface area contributed by atoms with Gasteiger partial charge in [0.25, 0.3) is 5.56 Å². The maximum absolute atomic E-state index is 13.8. The van der Waals surface area contributed by atoms with Crippen LogP contribution in [-0.2, 0) is 19.3 Å². The molecule has 0 fully saturated rings. The third-order valence-corrected chi connectivity index (χ3v) is 6.73. The number of pyridine rings is 2. The molecule has 1 aromatic carbocycles. The van der Waals surface area contributed by atoms with E-state index < -0.39 is 29.3 Å². The summed E-state index contributed by atoms with van der Waals surface area (Å²) in [6.07, 6.45) is -2.72. The highest BCUT2D eigenvalue weighted by atomic mass is 19.4. The van der Waals surface area contributed by atoms with Gasteiger partial charge in [-0.1, -0.05) is 6.07 Å². The fraction of sp³-hybridized carbons (Fsp3) is 0.231. The van der Waals surface area contributed by atoms with Crippen LogP contribution < -0.4 is 25.2 Å². The van der Waals surface area contributed by atoms with Crippen molar-refractivity contribution in [2.75, 3.05) is 17.0 Å². The Kier molecular flexibility index (Phi) is 5.59. The molecule has 0 saturated carbocycles. The van der Waals surface area contributed by atoms with Crippen LogP contribution in [0.3, 0.4) is 0 Å². The third-order valence-electron chi connectivity index (χ3n) is 6.73. The van der Waals surface area contributed by atoms with Crippen LogP contribution in [0.15, 0.2) is 53.6 Å². The van der Waals surface area contributed by atoms with E-state index in [-0.39, 0.29) is 35.2 Å². The highest BCUT2D eigenvalue weighted by Gasteiger charge is 2.34. The van der Waals surface area contributed by atoms with Gasteiger partial charge in [0, 0.05) is 42.7 Å². The molecule has 1 atom stereocenters. The molecule has 0 aliphatic carbocycles. The summed E-state index contributed by atoms with van der Waals surface area (Å²) < 4.78 is 53.3. The van der Waals surface area contributed by atoms with Crippen LogP contribution in [0.4, 0.5) is 24.7 Å². The van der Waals surface area contributed by atoms with E-state index in [0.29, 0.717) is 30.8 Å². The Morgan fingerprint density at radius 2 is 2.00 bits per heavy atom. The van der Waals surface area contributed by atoms with Crippen molar-refractivity contribution in [2.24, 2.45) is 0 Å². The molecular weight excluding hydrogens is 519 g/mol. The first-order valence-electron chi connectivity index (χ1n) is 11.8. The number of aromatic carboxylic acids is 1. The van der Waals surface area contributed by atoms with Gasteiger partial charge in [0.05, 0.1) is 17.3 Å². The van der Waals surface area contributed by atoms with Crippen LogP contribution >= 0.6 is 0 Å². The number of nitrogens with one attached hydrogen (secondary N) is 1. The number of carbonyl (C=O) groups is 1. The lowest BCUT2D eigenvalue weighted by Crippen LogP contribution is -2.25. The minimum absolute atomic E-state index is 0.00651. The molecule has 2 N–H and O–H groups in total. The molecule has 0 unspecified atom stereocenters. The molecule has 0 bridgehead atoms. The number of hydrogen-bond acceptors (Lipinski definition) is 8. The second-order valence-electron chi connectivity index (χ2n) is 9.19. The number of anilines is 2. The predicted molar refractivity (Wildman–Crippen MR) is 132 cm³/mol. The lowest BCUT2D eigenvalue weighted by atomic mass is 10.1. The first kappa shape index (κ1) is 24.5. The van der Waals surface area contributed by atoms with E-state index in [0.717, 1.165) is 21.6 Å². The van der Waals surface area contributed by atoms with Gasteiger partial charge in [-0.25, -0.2) is 14.8 Å². The number of aromatic nitrogens is 3. The van der Waals surface area contributed by atoms with Gasteiger partial charge in [-0.15, -0.1) is 0 Å². The van der Waals surface area contributed by atoms with Crippen LogP contribution in [0, 0.1) is 0 Å². The van der Waals surface area contributed by atoms with Crippen molar-refractivity contribution in [3.05, 3.63) is 87.1 Å². The number of nitrogens with zero attached hydrogens (tertiary/aromatic N) is 4. The Labute approximate surface area is 218 Å². The third kappa shape index (κ3) is 4.25. The van der Waals surface area contributed by atoms with Crippen LogP contribution in [-0.4, -0.2) is 32.2 Å². The molecule has 10 nitrogen and oxygen atoms in total. The molecule has 0 radical (unpaired) electrons. The monoisotopic (exact) mass is 539 g/mol. The van der Waals surface area contributed by atoms with Crippen LogP contribution in [0.1, 0.15) is 45.7 Å². The summed E-state index contributed by atoms with van der Waals surface area (Å²) in [5.74, 6) is 0.238. The summed E-state index contributed by atoms with van der Waals surface area (Å²) in [7, 11) is 0. The fourth-order valence-corrected chi connectivity index (χ4v) is 4.86. The summed E-state index contributed by atoms with van der Waals surface area (Å²) in [5.41, 5.74) is 0.00119. The van der Waals surface area contributed by atoms with Gasteiger partial charge in [-0.05, 0) is 36.8 Å². The van der Waals surface area contributed by atoms with E-state index in [1.54, 1.807) is 13.0 Å². The number of carboxylic acid groups (broad SMARTS) is 1. The van der Waals surface area contributed by atoms with Crippen molar-refractivity contribution in [3.63, 3.8) is 0 Å². The number of rotatable bonds is 5. The van der Waals surface area contributed by atoms with Gasteiger partial charge in [-0.2, -0.15) is 13.2 Å². The second kappa shape index (κ2) is 8.89. The fourth-order valence-electron chi connectivity index (χ4n) is 4.86. The molecule has 13 heteroatoms. The van der Waals surface area contributed by atoms with Crippen LogP contribution in [0.2, 0.25) is 0 Å². The first-order valence-corrected chi connectivity index (χ1v) is 11.8. The summed E-state index contributed by atoms with van der Waals surface area (Å²) in [5, 5.41) is 12.4. The number of benzene rings is 1. The van der Waals surface area contributed by atoms with Gasteiger partial charge in [0.15, 0.2) is 17.2 Å². The highest BCUT2D eigenvalue weighted by Crippen LogP contribution is 2.42. The maximum Gasteiger partial charge on any atom is 0.417 e. The Bertz CT molecular complexity index is 1700. The van der Waals surface area contributed by atoms with Gasteiger partial charge in [-0.3, -0.25) is 9.20 Å². The van der Waals surface area contributed by atoms with Gasteiger partial charge < -0.3 is 24.8 Å². The quantitative estimate of drug-likeness (QED) is 0.384. The number of hydrogen-bond donors (Lipinski definition) is 2. The average molecular weight is 539 g/mol. The average Bonchev–Trinajstić information content (AvgIpc) is 3.54. The predicted octanol–water partition coefficient (Wildman–Crippen LogP) is 4.23. The largest absolute Gasteiger partial charge is 0.476 e. The molecular formula is C26H20F3N5O5. The molecule has 5 heterocycles. The minimum Gasteiger partial charge on any atom is -0.476 e. The minimum atomic E-state index is -4.74. The molecule has 0 saturated heterocycles. The van der Waals surface area contributed by atoms with E-state index in [4.69, 9.17) is 9.47 Å². The van der Waals surface area contributed by atoms with E-state index in [1.165, 1.54) is 24.4 Å². The van der Waals surface area contributed by atoms with Crippen LogP contribution in [0.5, 0.6) is 11.5 Å². The van der Waals surface area contributed by atoms with E-state index in [9.17, 15) is 27.9 Å². The van der Waals surface area contributed by atoms with Gasteiger partial charge in [0.2, 0.25) is 6.79 Å². The zero-order chi connectivity index (χ0) is 27.5. The summed E-state index contributed by atoms with van der Waals surface area (Å²) in [4.78, 5) is 35.0. The number of alkyl halides is 3. The van der Waals surface area contributed by atoms with Crippen molar-refractivity contribution in [1.82, 2.24) is 14.4 Å². The molecule has 0 amide bonds. The molecule has 4 aromatic rings. The number of halogens is 3. The van der Waals surface area contributed by atoms with E-state index in [1.807, 2.05) is 11.0 Å². The summed E-state index contributed by atoms with van der Waals surface area (Å²) >= 11 is 0. The molecule has 2 aliphatic rings. The second-order valence-corrected chi connectivity index (χ2v) is 9.19.